The lowest BCUT2D eigenvalue weighted by Crippen LogP contribution is -2.35. The predicted octanol–water partition coefficient (Wildman–Crippen LogP) is 3.40. The van der Waals surface area contributed by atoms with Gasteiger partial charge in [0.25, 0.3) is 0 Å². The van der Waals surface area contributed by atoms with Crippen LogP contribution in [0.4, 0.5) is 0 Å². The molecule has 1 N–H and O–H groups in total. The van der Waals surface area contributed by atoms with E-state index < -0.39 is 0 Å². The van der Waals surface area contributed by atoms with Crippen molar-refractivity contribution < 1.29 is 4.42 Å². The number of nitrogens with zero attached hydrogens (tertiary/aromatic N) is 1. The first-order valence-electron chi connectivity index (χ1n) is 7.70. The smallest absolute Gasteiger partial charge is 0.134 e. The molecule has 1 aromatic heterocycles. The van der Waals surface area contributed by atoms with Gasteiger partial charge < -0.3 is 14.6 Å². The highest BCUT2D eigenvalue weighted by atomic mass is 16.3. The van der Waals surface area contributed by atoms with Gasteiger partial charge in [-0.2, -0.15) is 0 Å². The zero-order chi connectivity index (χ0) is 13.8. The van der Waals surface area contributed by atoms with Gasteiger partial charge in [0, 0.05) is 36.6 Å². The molecule has 0 radical (unpaired) electrons. The van der Waals surface area contributed by atoms with Crippen LogP contribution in [0.2, 0.25) is 0 Å². The van der Waals surface area contributed by atoms with Crippen molar-refractivity contribution in [1.82, 2.24) is 10.2 Å². The Labute approximate surface area is 120 Å². The number of likely N-dealkylation sites (N-methyl/N-ethyl adjacent to an activating group) is 1. The Morgan fingerprint density at radius 1 is 1.25 bits per heavy atom. The van der Waals surface area contributed by atoms with Crippen LogP contribution in [0.15, 0.2) is 34.9 Å². The summed E-state index contributed by atoms with van der Waals surface area (Å²) in [6, 6.07) is 9.04. The number of nitrogens with one attached hydrogen (secondary N) is 1. The van der Waals surface area contributed by atoms with Crippen molar-refractivity contribution in [3.8, 4) is 0 Å². The number of hydrogen-bond acceptors (Lipinski definition) is 3. The standard InChI is InChI=1S/C17H24N2O/c1-19(15-6-2-3-7-15)11-10-18-12-14-13-20-17-9-5-4-8-16(14)17/h4-5,8-9,13,15,18H,2-3,6-7,10-12H2,1H3. The topological polar surface area (TPSA) is 28.4 Å². The summed E-state index contributed by atoms with van der Waals surface area (Å²) in [5, 5.41) is 4.76. The first-order valence-corrected chi connectivity index (χ1v) is 7.70. The molecular formula is C17H24N2O. The van der Waals surface area contributed by atoms with Crippen LogP contribution in [0, 0.1) is 0 Å². The lowest BCUT2D eigenvalue weighted by molar-refractivity contribution is 0.245. The molecule has 1 saturated carbocycles. The highest BCUT2D eigenvalue weighted by Crippen LogP contribution is 2.22. The van der Waals surface area contributed by atoms with Crippen molar-refractivity contribution >= 4 is 11.0 Å². The average molecular weight is 272 g/mol. The highest BCUT2D eigenvalue weighted by molar-refractivity contribution is 5.80. The minimum atomic E-state index is 0.812. The van der Waals surface area contributed by atoms with Crippen molar-refractivity contribution in [3.63, 3.8) is 0 Å². The first kappa shape index (κ1) is 13.7. The fourth-order valence-electron chi connectivity index (χ4n) is 3.18. The maximum absolute atomic E-state index is 5.56. The van der Waals surface area contributed by atoms with Crippen LogP contribution >= 0.6 is 0 Å². The third-order valence-corrected chi connectivity index (χ3v) is 4.47. The summed E-state index contributed by atoms with van der Waals surface area (Å²) in [7, 11) is 2.25. The fourth-order valence-corrected chi connectivity index (χ4v) is 3.18. The van der Waals surface area contributed by atoms with Gasteiger partial charge >= 0.3 is 0 Å². The molecule has 0 aliphatic heterocycles. The molecule has 1 aliphatic rings. The molecule has 1 heterocycles. The number of benzene rings is 1. The third kappa shape index (κ3) is 3.05. The van der Waals surface area contributed by atoms with Gasteiger partial charge in [0.05, 0.1) is 6.26 Å². The molecule has 3 rings (SSSR count). The molecule has 20 heavy (non-hydrogen) atoms. The van der Waals surface area contributed by atoms with Crippen molar-refractivity contribution in [2.75, 3.05) is 20.1 Å². The van der Waals surface area contributed by atoms with E-state index in [0.717, 1.165) is 31.3 Å². The molecular weight excluding hydrogens is 248 g/mol. The molecule has 1 fully saturated rings. The quantitative estimate of drug-likeness (QED) is 0.817. The Morgan fingerprint density at radius 2 is 2.05 bits per heavy atom. The lowest BCUT2D eigenvalue weighted by Gasteiger charge is -2.23. The van der Waals surface area contributed by atoms with E-state index in [9.17, 15) is 0 Å². The molecule has 0 atom stereocenters. The number of para-hydroxylation sites is 1. The Hall–Kier alpha value is -1.32. The van der Waals surface area contributed by atoms with Crippen LogP contribution in [-0.2, 0) is 6.54 Å². The van der Waals surface area contributed by atoms with E-state index >= 15 is 0 Å². The van der Waals surface area contributed by atoms with E-state index in [1.807, 2.05) is 18.4 Å². The number of fused-ring (bicyclic) bond motifs is 1. The van der Waals surface area contributed by atoms with Gasteiger partial charge in [-0.25, -0.2) is 0 Å². The van der Waals surface area contributed by atoms with E-state index in [1.54, 1.807) is 0 Å². The molecule has 3 nitrogen and oxygen atoms in total. The zero-order valence-corrected chi connectivity index (χ0v) is 12.3. The van der Waals surface area contributed by atoms with Crippen molar-refractivity contribution in [3.05, 3.63) is 36.1 Å². The molecule has 2 aromatic rings. The van der Waals surface area contributed by atoms with Gasteiger partial charge in [-0.05, 0) is 26.0 Å². The Kier molecular flexibility index (Phi) is 4.38. The molecule has 1 aliphatic carbocycles. The van der Waals surface area contributed by atoms with Gasteiger partial charge in [-0.3, -0.25) is 0 Å². The molecule has 0 bridgehead atoms. The first-order chi connectivity index (χ1) is 9.84. The monoisotopic (exact) mass is 272 g/mol. The zero-order valence-electron chi connectivity index (χ0n) is 12.3. The summed E-state index contributed by atoms with van der Waals surface area (Å²) in [5.41, 5.74) is 2.23. The maximum atomic E-state index is 5.56. The Bertz CT molecular complexity index is 543. The van der Waals surface area contributed by atoms with Gasteiger partial charge in [0.2, 0.25) is 0 Å². The van der Waals surface area contributed by atoms with Crippen LogP contribution in [0.1, 0.15) is 31.2 Å². The lowest BCUT2D eigenvalue weighted by atomic mass is 10.2. The summed E-state index contributed by atoms with van der Waals surface area (Å²) in [6.45, 7) is 3.04. The third-order valence-electron chi connectivity index (χ3n) is 4.47. The molecule has 3 heteroatoms. The number of rotatable bonds is 6. The summed E-state index contributed by atoms with van der Waals surface area (Å²) in [4.78, 5) is 2.51. The van der Waals surface area contributed by atoms with Crippen LogP contribution in [0.3, 0.4) is 0 Å². The second kappa shape index (κ2) is 6.42. The second-order valence-corrected chi connectivity index (χ2v) is 5.85. The van der Waals surface area contributed by atoms with E-state index in [1.165, 1.54) is 36.6 Å². The SMILES string of the molecule is CN(CCNCc1coc2ccccc12)C1CCCC1. The van der Waals surface area contributed by atoms with Gasteiger partial charge in [-0.1, -0.05) is 31.0 Å². The molecule has 0 unspecified atom stereocenters. The maximum Gasteiger partial charge on any atom is 0.134 e. The molecule has 108 valence electrons. The largest absolute Gasteiger partial charge is 0.464 e. The summed E-state index contributed by atoms with van der Waals surface area (Å²) < 4.78 is 5.56. The van der Waals surface area contributed by atoms with E-state index in [2.05, 4.69) is 29.4 Å². The number of furan rings is 1. The van der Waals surface area contributed by atoms with E-state index in [-0.39, 0.29) is 0 Å². The van der Waals surface area contributed by atoms with E-state index in [4.69, 9.17) is 4.42 Å². The Morgan fingerprint density at radius 3 is 2.90 bits per heavy atom. The van der Waals surface area contributed by atoms with Gasteiger partial charge in [-0.15, -0.1) is 0 Å². The van der Waals surface area contributed by atoms with Crippen LogP contribution < -0.4 is 5.32 Å². The minimum absolute atomic E-state index is 0.812. The van der Waals surface area contributed by atoms with Crippen LogP contribution in [0.25, 0.3) is 11.0 Å². The summed E-state index contributed by atoms with van der Waals surface area (Å²) >= 11 is 0. The summed E-state index contributed by atoms with van der Waals surface area (Å²) in [6.07, 6.45) is 7.44. The average Bonchev–Trinajstić information content (AvgIpc) is 3.13. The molecule has 0 saturated heterocycles. The van der Waals surface area contributed by atoms with Gasteiger partial charge in [0.15, 0.2) is 0 Å². The minimum Gasteiger partial charge on any atom is -0.464 e. The Balaban J connectivity index is 1.45. The highest BCUT2D eigenvalue weighted by Gasteiger charge is 2.18. The molecule has 1 aromatic carbocycles. The molecule has 0 amide bonds. The fraction of sp³-hybridized carbons (Fsp3) is 0.529. The summed E-state index contributed by atoms with van der Waals surface area (Å²) in [5.74, 6) is 0. The van der Waals surface area contributed by atoms with Crippen molar-refractivity contribution in [2.24, 2.45) is 0 Å². The van der Waals surface area contributed by atoms with Crippen molar-refractivity contribution in [2.45, 2.75) is 38.3 Å². The van der Waals surface area contributed by atoms with Crippen molar-refractivity contribution in [1.29, 1.82) is 0 Å². The van der Waals surface area contributed by atoms with Crippen LogP contribution in [0.5, 0.6) is 0 Å². The second-order valence-electron chi connectivity index (χ2n) is 5.85. The van der Waals surface area contributed by atoms with Crippen LogP contribution in [-0.4, -0.2) is 31.1 Å². The van der Waals surface area contributed by atoms with Gasteiger partial charge in [0.1, 0.15) is 5.58 Å². The molecule has 0 spiro atoms. The normalized spacial score (nSPS) is 16.5. The van der Waals surface area contributed by atoms with E-state index in [0.29, 0.717) is 0 Å². The number of hydrogen-bond donors (Lipinski definition) is 1. The predicted molar refractivity (Wildman–Crippen MR) is 82.8 cm³/mol.